The molecule has 122 valence electrons. The molecule has 0 aromatic carbocycles. The van der Waals surface area contributed by atoms with Crippen LogP contribution in [0.25, 0.3) is 0 Å². The number of ether oxygens (including phenoxy) is 4. The van der Waals surface area contributed by atoms with Gasteiger partial charge in [-0.15, -0.1) is 0 Å². The molecule has 0 rings (SSSR count). The summed E-state index contributed by atoms with van der Waals surface area (Å²) in [5, 5.41) is 16.9. The molecule has 8 heteroatoms. The second kappa shape index (κ2) is 18.7. The lowest BCUT2D eigenvalue weighted by atomic mass is 10.7. The summed E-state index contributed by atoms with van der Waals surface area (Å²) < 4.78 is 20.4. The van der Waals surface area contributed by atoms with Crippen molar-refractivity contribution < 1.29 is 38.9 Å². The maximum absolute atomic E-state index is 8.45. The Morgan fingerprint density at radius 2 is 0.700 bits per heavy atom. The lowest BCUT2D eigenvalue weighted by molar-refractivity contribution is -0.303. The molecule has 0 spiro atoms. The summed E-state index contributed by atoms with van der Waals surface area (Å²) in [4.78, 5) is 9.71. The minimum absolute atomic E-state index is 0.0204. The van der Waals surface area contributed by atoms with Gasteiger partial charge in [-0.2, -0.15) is 0 Å². The third-order valence-electron chi connectivity index (χ3n) is 1.92. The molecule has 0 heterocycles. The molecule has 0 fully saturated rings. The average Bonchev–Trinajstić information content (AvgIpc) is 2.47. The minimum atomic E-state index is 0.0204. The van der Waals surface area contributed by atoms with Crippen molar-refractivity contribution in [2.24, 2.45) is 0 Å². The van der Waals surface area contributed by atoms with E-state index in [0.29, 0.717) is 66.1 Å². The van der Waals surface area contributed by atoms with Gasteiger partial charge in [-0.3, -0.25) is 0 Å². The second-order valence-electron chi connectivity index (χ2n) is 3.54. The number of aliphatic hydroxyl groups is 2. The van der Waals surface area contributed by atoms with E-state index in [1.807, 2.05) is 0 Å². The molecule has 0 atom stereocenters. The predicted molar refractivity (Wildman–Crippen MR) is 69.4 cm³/mol. The Bertz CT molecular complexity index is 152. The van der Waals surface area contributed by atoms with Crippen LogP contribution in [-0.4, -0.2) is 89.5 Å². The van der Waals surface area contributed by atoms with E-state index in [1.165, 1.54) is 0 Å². The standard InChI is InChI=1S/C12H26O8/c13-1-3-15-5-7-17-9-11-19-20-12-10-18-8-6-16-4-2-14/h13-14H,1-12H2. The fourth-order valence-electron chi connectivity index (χ4n) is 1.08. The Kier molecular flexibility index (Phi) is 18.4. The SMILES string of the molecule is OCCOCCOCCOOCCOCCOCCO. The maximum Gasteiger partial charge on any atom is 0.106 e. The van der Waals surface area contributed by atoms with Crippen molar-refractivity contribution in [3.8, 4) is 0 Å². The Morgan fingerprint density at radius 1 is 0.400 bits per heavy atom. The largest absolute Gasteiger partial charge is 0.394 e. The number of hydrogen-bond donors (Lipinski definition) is 2. The van der Waals surface area contributed by atoms with Crippen molar-refractivity contribution in [3.63, 3.8) is 0 Å². The Labute approximate surface area is 119 Å². The van der Waals surface area contributed by atoms with E-state index < -0.39 is 0 Å². The number of hydrogen-bond acceptors (Lipinski definition) is 8. The monoisotopic (exact) mass is 298 g/mol. The van der Waals surface area contributed by atoms with E-state index in [-0.39, 0.29) is 13.2 Å². The van der Waals surface area contributed by atoms with Gasteiger partial charge in [0.05, 0.1) is 66.1 Å². The van der Waals surface area contributed by atoms with Gasteiger partial charge in [-0.05, 0) is 0 Å². The first-order valence-corrected chi connectivity index (χ1v) is 6.69. The van der Waals surface area contributed by atoms with Gasteiger partial charge in [-0.1, -0.05) is 0 Å². The van der Waals surface area contributed by atoms with Crippen LogP contribution in [0, 0.1) is 0 Å². The van der Waals surface area contributed by atoms with Gasteiger partial charge >= 0.3 is 0 Å². The van der Waals surface area contributed by atoms with Crippen molar-refractivity contribution >= 4 is 0 Å². The van der Waals surface area contributed by atoms with Crippen molar-refractivity contribution in [1.29, 1.82) is 0 Å². The van der Waals surface area contributed by atoms with Crippen LogP contribution >= 0.6 is 0 Å². The normalized spacial score (nSPS) is 11.1. The first-order chi connectivity index (χ1) is 9.91. The molecule has 20 heavy (non-hydrogen) atoms. The molecule has 0 aliphatic rings. The van der Waals surface area contributed by atoms with Gasteiger partial charge in [0.15, 0.2) is 0 Å². The van der Waals surface area contributed by atoms with Crippen LogP contribution < -0.4 is 0 Å². The summed E-state index contributed by atoms with van der Waals surface area (Å²) in [7, 11) is 0. The lowest BCUT2D eigenvalue weighted by Crippen LogP contribution is -2.13. The molecular weight excluding hydrogens is 272 g/mol. The summed E-state index contributed by atoms with van der Waals surface area (Å²) in [6.45, 7) is 4.01. The average molecular weight is 298 g/mol. The Hall–Kier alpha value is -0.320. The lowest BCUT2D eigenvalue weighted by Gasteiger charge is -2.07. The highest BCUT2D eigenvalue weighted by atomic mass is 17.2. The summed E-state index contributed by atoms with van der Waals surface area (Å²) in [5.41, 5.74) is 0. The zero-order valence-corrected chi connectivity index (χ0v) is 11.8. The molecule has 0 aromatic heterocycles. The summed E-state index contributed by atoms with van der Waals surface area (Å²) in [5.74, 6) is 0. The molecule has 0 aliphatic carbocycles. The topological polar surface area (TPSA) is 95.8 Å². The summed E-state index contributed by atoms with van der Waals surface area (Å²) in [6.07, 6.45) is 0. The first kappa shape index (κ1) is 19.7. The maximum atomic E-state index is 8.45. The van der Waals surface area contributed by atoms with Gasteiger partial charge in [-0.25, -0.2) is 9.78 Å². The van der Waals surface area contributed by atoms with Crippen molar-refractivity contribution in [2.45, 2.75) is 0 Å². The third kappa shape index (κ3) is 17.7. The predicted octanol–water partition coefficient (Wildman–Crippen LogP) is -1.01. The van der Waals surface area contributed by atoms with Crippen LogP contribution in [0.5, 0.6) is 0 Å². The van der Waals surface area contributed by atoms with Crippen LogP contribution in [0.15, 0.2) is 0 Å². The minimum Gasteiger partial charge on any atom is -0.394 e. The third-order valence-corrected chi connectivity index (χ3v) is 1.92. The summed E-state index contributed by atoms with van der Waals surface area (Å²) >= 11 is 0. The highest BCUT2D eigenvalue weighted by Gasteiger charge is 1.93. The van der Waals surface area contributed by atoms with Gasteiger partial charge in [0.2, 0.25) is 0 Å². The molecule has 0 saturated carbocycles. The van der Waals surface area contributed by atoms with Crippen molar-refractivity contribution in [1.82, 2.24) is 0 Å². The molecule has 8 nitrogen and oxygen atoms in total. The fourth-order valence-corrected chi connectivity index (χ4v) is 1.08. The molecule has 2 N–H and O–H groups in total. The van der Waals surface area contributed by atoms with Crippen LogP contribution in [0.2, 0.25) is 0 Å². The van der Waals surface area contributed by atoms with Gasteiger partial charge < -0.3 is 29.2 Å². The van der Waals surface area contributed by atoms with Gasteiger partial charge in [0, 0.05) is 0 Å². The van der Waals surface area contributed by atoms with Crippen LogP contribution in [0.3, 0.4) is 0 Å². The summed E-state index contributed by atoms with van der Waals surface area (Å²) in [6, 6.07) is 0. The zero-order chi connectivity index (χ0) is 14.7. The molecule has 0 unspecified atom stereocenters. The van der Waals surface area contributed by atoms with Crippen LogP contribution in [0.1, 0.15) is 0 Å². The Balaban J connectivity index is 2.89. The van der Waals surface area contributed by atoms with Gasteiger partial charge in [0.25, 0.3) is 0 Å². The number of rotatable bonds is 17. The molecule has 0 saturated heterocycles. The van der Waals surface area contributed by atoms with E-state index in [4.69, 9.17) is 38.9 Å². The molecule has 0 bridgehead atoms. The smallest absolute Gasteiger partial charge is 0.106 e. The fraction of sp³-hybridized carbons (Fsp3) is 1.00. The van der Waals surface area contributed by atoms with E-state index >= 15 is 0 Å². The van der Waals surface area contributed by atoms with Crippen molar-refractivity contribution in [2.75, 3.05) is 79.3 Å². The quantitative estimate of drug-likeness (QED) is 0.200. The zero-order valence-electron chi connectivity index (χ0n) is 11.8. The molecule has 0 amide bonds. The second-order valence-corrected chi connectivity index (χ2v) is 3.54. The highest BCUT2D eigenvalue weighted by Crippen LogP contribution is 1.84. The number of aliphatic hydroxyl groups excluding tert-OH is 2. The van der Waals surface area contributed by atoms with E-state index in [2.05, 4.69) is 0 Å². The Morgan fingerprint density at radius 3 is 1.05 bits per heavy atom. The molecule has 0 aromatic rings. The van der Waals surface area contributed by atoms with Crippen LogP contribution in [0.4, 0.5) is 0 Å². The van der Waals surface area contributed by atoms with Crippen molar-refractivity contribution in [3.05, 3.63) is 0 Å². The molecular formula is C12H26O8. The first-order valence-electron chi connectivity index (χ1n) is 6.69. The molecule has 0 aliphatic heterocycles. The highest BCUT2D eigenvalue weighted by molar-refractivity contribution is 4.32. The van der Waals surface area contributed by atoms with E-state index in [1.54, 1.807) is 0 Å². The molecule has 0 radical (unpaired) electrons. The van der Waals surface area contributed by atoms with Crippen LogP contribution in [-0.2, 0) is 28.7 Å². The van der Waals surface area contributed by atoms with E-state index in [9.17, 15) is 0 Å². The van der Waals surface area contributed by atoms with E-state index in [0.717, 1.165) is 0 Å². The van der Waals surface area contributed by atoms with Gasteiger partial charge in [0.1, 0.15) is 13.2 Å².